The van der Waals surface area contributed by atoms with Gasteiger partial charge in [0.05, 0.1) is 19.9 Å². The number of halogens is 1. The molecule has 2 unspecified atom stereocenters. The maximum atomic E-state index is 12.5. The van der Waals surface area contributed by atoms with Crippen molar-refractivity contribution in [3.05, 3.63) is 11.9 Å². The third-order valence-electron chi connectivity index (χ3n) is 4.08. The molecule has 2 saturated heterocycles. The Morgan fingerprint density at radius 2 is 2.20 bits per heavy atom. The highest BCUT2D eigenvalue weighted by atomic mass is 19.1. The number of nitrogens with zero attached hydrogens (tertiary/aromatic N) is 1. The molecule has 0 bridgehead atoms. The van der Waals surface area contributed by atoms with Gasteiger partial charge in [-0.1, -0.05) is 13.8 Å². The minimum atomic E-state index is 0.165. The average Bonchev–Trinajstić information content (AvgIpc) is 2.71. The van der Waals surface area contributed by atoms with Crippen LogP contribution in [-0.2, 0) is 0 Å². The molecule has 0 saturated carbocycles. The minimum absolute atomic E-state index is 0.165. The van der Waals surface area contributed by atoms with E-state index in [1.165, 1.54) is 6.42 Å². The summed E-state index contributed by atoms with van der Waals surface area (Å²) in [4.78, 5) is 0. The van der Waals surface area contributed by atoms with Crippen LogP contribution in [0.15, 0.2) is 11.9 Å². The maximum Gasteiger partial charge on any atom is 0.116 e. The molecule has 88 valence electrons. The highest BCUT2D eigenvalue weighted by Gasteiger charge is 2.56. The molecular weight excluding hydrogens is 191 g/mol. The van der Waals surface area contributed by atoms with Crippen molar-refractivity contribution in [1.82, 2.24) is 0 Å². The van der Waals surface area contributed by atoms with Crippen molar-refractivity contribution >= 4 is 0 Å². The second kappa shape index (κ2) is 4.62. The number of nitrogens with two attached hydrogens (primary N) is 1. The number of fused-ring (bicyclic) bond motifs is 1. The molecule has 2 N–H and O–H groups in total. The first-order chi connectivity index (χ1) is 7.16. The molecule has 2 fully saturated rings. The second-order valence-electron chi connectivity index (χ2n) is 4.75. The van der Waals surface area contributed by atoms with Gasteiger partial charge in [-0.25, -0.2) is 4.39 Å². The van der Waals surface area contributed by atoms with Crippen molar-refractivity contribution < 1.29 is 8.87 Å². The molecule has 0 aromatic carbocycles. The van der Waals surface area contributed by atoms with Crippen LogP contribution in [0.25, 0.3) is 0 Å². The normalized spacial score (nSPS) is 41.3. The van der Waals surface area contributed by atoms with Crippen molar-refractivity contribution in [3.8, 4) is 0 Å². The summed E-state index contributed by atoms with van der Waals surface area (Å²) in [6.45, 7) is 6.73. The van der Waals surface area contributed by atoms with Gasteiger partial charge < -0.3 is 10.2 Å². The van der Waals surface area contributed by atoms with Gasteiger partial charge in [-0.3, -0.25) is 0 Å². The van der Waals surface area contributed by atoms with Gasteiger partial charge in [-0.15, -0.1) is 0 Å². The molecule has 2 rings (SSSR count). The van der Waals surface area contributed by atoms with Crippen molar-refractivity contribution in [2.45, 2.75) is 38.6 Å². The summed E-state index contributed by atoms with van der Waals surface area (Å²) in [6.07, 6.45) is 4.07. The Morgan fingerprint density at radius 3 is 2.67 bits per heavy atom. The molecule has 2 atom stereocenters. The van der Waals surface area contributed by atoms with Gasteiger partial charge in [0.1, 0.15) is 12.1 Å². The fourth-order valence-corrected chi connectivity index (χ4v) is 3.18. The molecule has 3 heteroatoms. The largest absolute Gasteiger partial charge is 0.325 e. The molecule has 0 spiro atoms. The quantitative estimate of drug-likeness (QED) is 0.667. The number of hydrogen-bond donors (Lipinski definition) is 1. The van der Waals surface area contributed by atoms with Gasteiger partial charge in [0.25, 0.3) is 0 Å². The number of rotatable bonds is 1. The first-order valence-electron chi connectivity index (χ1n) is 5.99. The summed E-state index contributed by atoms with van der Waals surface area (Å²) in [5.74, 6) is 0. The topological polar surface area (TPSA) is 26.0 Å². The van der Waals surface area contributed by atoms with Crippen LogP contribution < -0.4 is 5.73 Å². The lowest BCUT2D eigenvalue weighted by atomic mass is 9.92. The van der Waals surface area contributed by atoms with Crippen molar-refractivity contribution in [2.75, 3.05) is 26.7 Å². The van der Waals surface area contributed by atoms with E-state index in [2.05, 4.69) is 7.05 Å². The number of likely N-dealkylation sites (N-methyl/N-ethyl adjacent to an activating group) is 1. The summed E-state index contributed by atoms with van der Waals surface area (Å²) in [7, 11) is 2.22. The lowest BCUT2D eigenvalue weighted by Crippen LogP contribution is -2.57. The first kappa shape index (κ1) is 12.7. The molecule has 2 nitrogen and oxygen atoms in total. The standard InChI is InChI=1S/C10H18FN2.C2H6/c1-13-4-2-3-10(13,8-12)5-9(6-11)7-13;1-2/h6H,2-5,7-8,12H2,1H3;1-2H3/q+1;/b9-6+;. The fraction of sp³-hybridized carbons (Fsp3) is 0.833. The molecule has 0 aromatic heterocycles. The van der Waals surface area contributed by atoms with E-state index in [9.17, 15) is 4.39 Å². The van der Waals surface area contributed by atoms with Crippen LogP contribution >= 0.6 is 0 Å². The van der Waals surface area contributed by atoms with Crippen LogP contribution in [0, 0.1) is 0 Å². The van der Waals surface area contributed by atoms with E-state index in [1.54, 1.807) is 0 Å². The Balaban J connectivity index is 0.000000531. The van der Waals surface area contributed by atoms with Crippen molar-refractivity contribution in [1.29, 1.82) is 0 Å². The predicted octanol–water partition coefficient (Wildman–Crippen LogP) is 2.21. The second-order valence-corrected chi connectivity index (χ2v) is 4.75. The monoisotopic (exact) mass is 215 g/mol. The van der Waals surface area contributed by atoms with E-state index in [0.717, 1.165) is 42.3 Å². The first-order valence-corrected chi connectivity index (χ1v) is 5.99. The van der Waals surface area contributed by atoms with Crippen LogP contribution in [-0.4, -0.2) is 36.7 Å². The fourth-order valence-electron chi connectivity index (χ4n) is 3.18. The summed E-state index contributed by atoms with van der Waals surface area (Å²) in [5.41, 5.74) is 6.96. The molecule has 0 amide bonds. The van der Waals surface area contributed by atoms with Gasteiger partial charge in [0.2, 0.25) is 0 Å². The molecule has 2 aliphatic rings. The van der Waals surface area contributed by atoms with Crippen LogP contribution in [0.2, 0.25) is 0 Å². The third-order valence-corrected chi connectivity index (χ3v) is 4.08. The van der Waals surface area contributed by atoms with Crippen LogP contribution in [0.5, 0.6) is 0 Å². The van der Waals surface area contributed by atoms with Gasteiger partial charge in [-0.2, -0.15) is 0 Å². The van der Waals surface area contributed by atoms with Gasteiger partial charge in [0.15, 0.2) is 0 Å². The SMILES string of the molecule is CC.C[N+]12CCCC1(CN)C/C(=C\F)C2. The van der Waals surface area contributed by atoms with Crippen LogP contribution in [0.1, 0.15) is 33.1 Å². The molecule has 0 radical (unpaired) electrons. The van der Waals surface area contributed by atoms with Gasteiger partial charge in [-0.05, 0) is 0 Å². The van der Waals surface area contributed by atoms with Gasteiger partial charge >= 0.3 is 0 Å². The number of hydrogen-bond acceptors (Lipinski definition) is 1. The van der Waals surface area contributed by atoms with E-state index >= 15 is 0 Å². The lowest BCUT2D eigenvalue weighted by Gasteiger charge is -2.39. The average molecular weight is 215 g/mol. The summed E-state index contributed by atoms with van der Waals surface area (Å²) in [6, 6.07) is 0. The smallest absolute Gasteiger partial charge is 0.116 e. The Hall–Kier alpha value is -0.410. The lowest BCUT2D eigenvalue weighted by molar-refractivity contribution is -0.930. The van der Waals surface area contributed by atoms with E-state index in [4.69, 9.17) is 5.73 Å². The molecule has 0 aromatic rings. The van der Waals surface area contributed by atoms with Crippen molar-refractivity contribution in [3.63, 3.8) is 0 Å². The minimum Gasteiger partial charge on any atom is -0.325 e. The molecule has 2 aliphatic heterocycles. The molecular formula is C12H24FN2+. The van der Waals surface area contributed by atoms with Gasteiger partial charge in [0, 0.05) is 31.4 Å². The summed E-state index contributed by atoms with van der Waals surface area (Å²) >= 11 is 0. The Labute approximate surface area is 92.5 Å². The highest BCUT2D eigenvalue weighted by Crippen LogP contribution is 2.45. The zero-order valence-electron chi connectivity index (χ0n) is 10.2. The maximum absolute atomic E-state index is 12.5. The Bertz CT molecular complexity index is 252. The van der Waals surface area contributed by atoms with Crippen LogP contribution in [0.4, 0.5) is 4.39 Å². The highest BCUT2D eigenvalue weighted by molar-refractivity contribution is 5.12. The van der Waals surface area contributed by atoms with E-state index in [-0.39, 0.29) is 5.54 Å². The molecule has 15 heavy (non-hydrogen) atoms. The molecule has 0 aliphatic carbocycles. The summed E-state index contributed by atoms with van der Waals surface area (Å²) in [5, 5.41) is 0. The molecule has 2 heterocycles. The summed E-state index contributed by atoms with van der Waals surface area (Å²) < 4.78 is 13.4. The third kappa shape index (κ3) is 1.83. The predicted molar refractivity (Wildman–Crippen MR) is 62.1 cm³/mol. The van der Waals surface area contributed by atoms with E-state index in [1.807, 2.05) is 13.8 Å². The van der Waals surface area contributed by atoms with Crippen molar-refractivity contribution in [2.24, 2.45) is 5.73 Å². The zero-order chi connectivity index (χ0) is 11.5. The zero-order valence-corrected chi connectivity index (χ0v) is 10.2. The van der Waals surface area contributed by atoms with E-state index < -0.39 is 0 Å². The van der Waals surface area contributed by atoms with Crippen LogP contribution in [0.3, 0.4) is 0 Å². The number of quaternary nitrogens is 1. The Kier molecular flexibility index (Phi) is 3.90. The van der Waals surface area contributed by atoms with E-state index in [0.29, 0.717) is 6.54 Å². The Morgan fingerprint density at radius 1 is 1.53 bits per heavy atom.